The van der Waals surface area contributed by atoms with Crippen LogP contribution in [0.25, 0.3) is 0 Å². The van der Waals surface area contributed by atoms with Crippen LogP contribution in [0.2, 0.25) is 5.02 Å². The Morgan fingerprint density at radius 1 is 1.07 bits per heavy atom. The molecule has 2 aromatic heterocycles. The molecule has 1 fully saturated rings. The molecule has 3 aromatic rings. The number of rotatable bonds is 5. The van der Waals surface area contributed by atoms with Gasteiger partial charge in [0.1, 0.15) is 23.9 Å². The third-order valence-corrected chi connectivity index (χ3v) is 5.42. The molecule has 0 atom stereocenters. The van der Waals surface area contributed by atoms with Crippen molar-refractivity contribution in [2.24, 2.45) is 0 Å². The zero-order valence-corrected chi connectivity index (χ0v) is 17.9. The quantitative estimate of drug-likeness (QED) is 0.537. The van der Waals surface area contributed by atoms with E-state index in [0.29, 0.717) is 42.7 Å². The number of furan rings is 1. The summed E-state index contributed by atoms with van der Waals surface area (Å²) in [5, 5.41) is 0.611. The van der Waals surface area contributed by atoms with Gasteiger partial charge in [-0.1, -0.05) is 27.5 Å². The summed E-state index contributed by atoms with van der Waals surface area (Å²) in [6.07, 6.45) is 1.63. The molecule has 1 amide bonds. The number of aromatic nitrogens is 1. The van der Waals surface area contributed by atoms with Crippen LogP contribution >= 0.6 is 27.5 Å². The van der Waals surface area contributed by atoms with E-state index in [9.17, 15) is 4.79 Å². The SMILES string of the molecule is O=C(c1ccc(COc2ccc(Br)cc2)o1)N1CCN(c2ccc(Cl)cn2)CC1. The molecule has 4 rings (SSSR count). The fourth-order valence-corrected chi connectivity index (χ4v) is 3.48. The Balaban J connectivity index is 1.31. The molecule has 8 heteroatoms. The number of ether oxygens (including phenoxy) is 1. The lowest BCUT2D eigenvalue weighted by Crippen LogP contribution is -2.49. The summed E-state index contributed by atoms with van der Waals surface area (Å²) in [6.45, 7) is 2.90. The Bertz CT molecular complexity index is 968. The molecule has 0 saturated carbocycles. The summed E-state index contributed by atoms with van der Waals surface area (Å²) in [5.41, 5.74) is 0. The standard InChI is InChI=1S/C21H19BrClN3O3/c22-15-1-4-17(5-2-15)28-14-18-6-7-19(29-18)21(27)26-11-9-25(10-12-26)20-8-3-16(23)13-24-20/h1-8,13H,9-12,14H2. The predicted octanol–water partition coefficient (Wildman–Crippen LogP) is 4.63. The smallest absolute Gasteiger partial charge is 0.289 e. The Labute approximate surface area is 182 Å². The van der Waals surface area contributed by atoms with Crippen LogP contribution in [0.1, 0.15) is 16.3 Å². The first-order chi connectivity index (χ1) is 14.1. The first-order valence-corrected chi connectivity index (χ1v) is 10.4. The zero-order chi connectivity index (χ0) is 20.2. The highest BCUT2D eigenvalue weighted by Gasteiger charge is 2.25. The molecule has 1 aliphatic heterocycles. The van der Waals surface area contributed by atoms with Crippen molar-refractivity contribution in [2.45, 2.75) is 6.61 Å². The Kier molecular flexibility index (Phi) is 6.06. The van der Waals surface area contributed by atoms with Gasteiger partial charge in [-0.2, -0.15) is 0 Å². The number of pyridine rings is 1. The van der Waals surface area contributed by atoms with Crippen LogP contribution < -0.4 is 9.64 Å². The van der Waals surface area contributed by atoms with E-state index in [1.807, 2.05) is 36.4 Å². The molecule has 0 radical (unpaired) electrons. The number of halogens is 2. The van der Waals surface area contributed by atoms with Crippen LogP contribution in [-0.4, -0.2) is 42.0 Å². The van der Waals surface area contributed by atoms with Gasteiger partial charge in [0.2, 0.25) is 0 Å². The Morgan fingerprint density at radius 3 is 2.52 bits per heavy atom. The molecule has 1 saturated heterocycles. The van der Waals surface area contributed by atoms with Gasteiger partial charge >= 0.3 is 0 Å². The fourth-order valence-electron chi connectivity index (χ4n) is 3.11. The van der Waals surface area contributed by atoms with Crippen molar-refractivity contribution in [3.8, 4) is 5.75 Å². The number of anilines is 1. The summed E-state index contributed by atoms with van der Waals surface area (Å²) in [7, 11) is 0. The van der Waals surface area contributed by atoms with Gasteiger partial charge in [-0.05, 0) is 48.5 Å². The van der Waals surface area contributed by atoms with Gasteiger partial charge in [-0.3, -0.25) is 4.79 Å². The molecule has 1 aliphatic rings. The molecule has 0 bridgehead atoms. The lowest BCUT2D eigenvalue weighted by molar-refractivity contribution is 0.0710. The van der Waals surface area contributed by atoms with Crippen molar-refractivity contribution in [1.29, 1.82) is 0 Å². The van der Waals surface area contributed by atoms with E-state index in [-0.39, 0.29) is 12.5 Å². The van der Waals surface area contributed by atoms with Gasteiger partial charge in [0.15, 0.2) is 5.76 Å². The third kappa shape index (κ3) is 4.92. The maximum absolute atomic E-state index is 12.7. The van der Waals surface area contributed by atoms with Crippen molar-refractivity contribution in [3.05, 3.63) is 75.7 Å². The molecule has 150 valence electrons. The van der Waals surface area contributed by atoms with E-state index in [4.69, 9.17) is 20.8 Å². The van der Waals surface area contributed by atoms with E-state index in [0.717, 1.165) is 16.0 Å². The molecule has 6 nitrogen and oxygen atoms in total. The normalized spacial score (nSPS) is 14.1. The lowest BCUT2D eigenvalue weighted by Gasteiger charge is -2.35. The van der Waals surface area contributed by atoms with Gasteiger partial charge in [0.25, 0.3) is 5.91 Å². The van der Waals surface area contributed by atoms with Crippen molar-refractivity contribution in [2.75, 3.05) is 31.1 Å². The maximum atomic E-state index is 12.7. The van der Waals surface area contributed by atoms with Gasteiger partial charge < -0.3 is 19.0 Å². The van der Waals surface area contributed by atoms with E-state index in [1.54, 1.807) is 23.2 Å². The first-order valence-electron chi connectivity index (χ1n) is 9.21. The third-order valence-electron chi connectivity index (χ3n) is 4.67. The minimum atomic E-state index is -0.108. The number of hydrogen-bond acceptors (Lipinski definition) is 5. The number of benzene rings is 1. The first kappa shape index (κ1) is 19.8. The maximum Gasteiger partial charge on any atom is 0.289 e. The van der Waals surface area contributed by atoms with Crippen molar-refractivity contribution >= 4 is 39.3 Å². The molecular weight excluding hydrogens is 458 g/mol. The van der Waals surface area contributed by atoms with Crippen LogP contribution in [-0.2, 0) is 6.61 Å². The highest BCUT2D eigenvalue weighted by Crippen LogP contribution is 2.20. The molecule has 29 heavy (non-hydrogen) atoms. The fraction of sp³-hybridized carbons (Fsp3) is 0.238. The van der Waals surface area contributed by atoms with Gasteiger partial charge in [-0.15, -0.1) is 0 Å². The van der Waals surface area contributed by atoms with Crippen LogP contribution in [0.15, 0.2) is 63.6 Å². The molecule has 1 aromatic carbocycles. The van der Waals surface area contributed by atoms with E-state index >= 15 is 0 Å². The van der Waals surface area contributed by atoms with Crippen molar-refractivity contribution in [1.82, 2.24) is 9.88 Å². The van der Waals surface area contributed by atoms with Gasteiger partial charge in [-0.25, -0.2) is 4.98 Å². The monoisotopic (exact) mass is 475 g/mol. The number of carbonyl (C=O) groups is 1. The average molecular weight is 477 g/mol. The second-order valence-electron chi connectivity index (χ2n) is 6.62. The summed E-state index contributed by atoms with van der Waals surface area (Å²) < 4.78 is 12.4. The van der Waals surface area contributed by atoms with E-state index in [2.05, 4.69) is 25.8 Å². The summed E-state index contributed by atoms with van der Waals surface area (Å²) >= 11 is 9.28. The highest BCUT2D eigenvalue weighted by molar-refractivity contribution is 9.10. The summed E-state index contributed by atoms with van der Waals surface area (Å²) in [6, 6.07) is 14.8. The summed E-state index contributed by atoms with van der Waals surface area (Å²) in [5.74, 6) is 2.44. The topological polar surface area (TPSA) is 58.8 Å². The molecule has 0 spiro atoms. The average Bonchev–Trinajstić information content (AvgIpc) is 3.23. The predicted molar refractivity (Wildman–Crippen MR) is 115 cm³/mol. The summed E-state index contributed by atoms with van der Waals surface area (Å²) in [4.78, 5) is 21.0. The van der Waals surface area contributed by atoms with Gasteiger partial charge in [0, 0.05) is 36.8 Å². The Hall–Kier alpha value is -2.51. The number of hydrogen-bond donors (Lipinski definition) is 0. The largest absolute Gasteiger partial charge is 0.486 e. The molecule has 0 N–H and O–H groups in total. The number of piperazine rings is 1. The minimum Gasteiger partial charge on any atom is -0.486 e. The van der Waals surface area contributed by atoms with Crippen LogP contribution in [0.5, 0.6) is 5.75 Å². The Morgan fingerprint density at radius 2 is 1.83 bits per heavy atom. The van der Waals surface area contributed by atoms with E-state index < -0.39 is 0 Å². The molecule has 0 unspecified atom stereocenters. The molecule has 0 aliphatic carbocycles. The van der Waals surface area contributed by atoms with Gasteiger partial charge in [0.05, 0.1) is 5.02 Å². The molecule has 3 heterocycles. The van der Waals surface area contributed by atoms with Crippen molar-refractivity contribution in [3.63, 3.8) is 0 Å². The second-order valence-corrected chi connectivity index (χ2v) is 7.97. The zero-order valence-electron chi connectivity index (χ0n) is 15.6. The van der Waals surface area contributed by atoms with Crippen LogP contribution in [0, 0.1) is 0 Å². The second kappa shape index (κ2) is 8.88. The number of carbonyl (C=O) groups excluding carboxylic acids is 1. The van der Waals surface area contributed by atoms with E-state index in [1.165, 1.54) is 0 Å². The lowest BCUT2D eigenvalue weighted by atomic mass is 10.2. The van der Waals surface area contributed by atoms with Crippen molar-refractivity contribution < 1.29 is 13.9 Å². The van der Waals surface area contributed by atoms with Crippen LogP contribution in [0.3, 0.4) is 0 Å². The number of nitrogens with zero attached hydrogens (tertiary/aromatic N) is 3. The highest BCUT2D eigenvalue weighted by atomic mass is 79.9. The minimum absolute atomic E-state index is 0.108. The number of amides is 1. The van der Waals surface area contributed by atoms with Crippen LogP contribution in [0.4, 0.5) is 5.82 Å². The molecular formula is C21H19BrClN3O3.